The summed E-state index contributed by atoms with van der Waals surface area (Å²) in [6.07, 6.45) is 1.34. The van der Waals surface area contributed by atoms with Crippen molar-refractivity contribution >= 4 is 0 Å². The first-order valence-electron chi connectivity index (χ1n) is 4.65. The highest BCUT2D eigenvalue weighted by Crippen LogP contribution is 2.44. The number of hydrogen-bond donors (Lipinski definition) is 3. The van der Waals surface area contributed by atoms with Crippen molar-refractivity contribution < 1.29 is 15.3 Å². The number of allylic oxidation sites excluding steroid dienone is 1. The van der Waals surface area contributed by atoms with Crippen LogP contribution in [-0.2, 0) is 0 Å². The van der Waals surface area contributed by atoms with Crippen molar-refractivity contribution in [2.45, 2.75) is 32.0 Å². The number of aliphatic hydroxyl groups is 3. The Balaban J connectivity index is 2.82. The van der Waals surface area contributed by atoms with E-state index in [1.807, 2.05) is 6.92 Å². The Morgan fingerprint density at radius 1 is 1.54 bits per heavy atom. The third kappa shape index (κ3) is 1.64. The molecule has 3 N–H and O–H groups in total. The molecule has 3 heteroatoms. The molecule has 0 aromatic heterocycles. The highest BCUT2D eigenvalue weighted by molar-refractivity contribution is 5.02. The molecular formula is C10H18O3. The van der Waals surface area contributed by atoms with Crippen molar-refractivity contribution in [3.05, 3.63) is 12.7 Å². The maximum atomic E-state index is 9.75. The van der Waals surface area contributed by atoms with Gasteiger partial charge in [-0.3, -0.25) is 0 Å². The van der Waals surface area contributed by atoms with Gasteiger partial charge in [-0.2, -0.15) is 0 Å². The van der Waals surface area contributed by atoms with Crippen molar-refractivity contribution in [2.24, 2.45) is 11.3 Å². The third-order valence-electron chi connectivity index (χ3n) is 3.13. The van der Waals surface area contributed by atoms with Crippen LogP contribution in [0.2, 0.25) is 0 Å². The monoisotopic (exact) mass is 186 g/mol. The lowest BCUT2D eigenvalue weighted by Crippen LogP contribution is -2.38. The van der Waals surface area contributed by atoms with Crippen LogP contribution in [0, 0.1) is 11.3 Å². The molecule has 0 aliphatic heterocycles. The van der Waals surface area contributed by atoms with Gasteiger partial charge in [0.25, 0.3) is 0 Å². The largest absolute Gasteiger partial charge is 0.396 e. The van der Waals surface area contributed by atoms with Gasteiger partial charge in [0.15, 0.2) is 0 Å². The number of rotatable bonds is 3. The van der Waals surface area contributed by atoms with Gasteiger partial charge < -0.3 is 15.3 Å². The van der Waals surface area contributed by atoms with Crippen molar-refractivity contribution in [3.8, 4) is 0 Å². The molecule has 0 aromatic rings. The van der Waals surface area contributed by atoms with E-state index in [0.29, 0.717) is 12.8 Å². The molecule has 0 saturated heterocycles. The standard InChI is InChI=1S/C10H18O3/c1-3-4-10(6-11)5-7(2)8(12)9(10)13/h3,7-9,11-13H,1,4-6H2,2H3/t7-,8+,9+,10-/m1/s1. The molecule has 76 valence electrons. The Kier molecular flexibility index (Phi) is 3.11. The van der Waals surface area contributed by atoms with Crippen LogP contribution in [-0.4, -0.2) is 34.1 Å². The summed E-state index contributed by atoms with van der Waals surface area (Å²) in [6.45, 7) is 5.39. The smallest absolute Gasteiger partial charge is 0.0882 e. The van der Waals surface area contributed by atoms with Crippen molar-refractivity contribution in [3.63, 3.8) is 0 Å². The minimum Gasteiger partial charge on any atom is -0.396 e. The van der Waals surface area contributed by atoms with Gasteiger partial charge in [-0.15, -0.1) is 6.58 Å². The fraction of sp³-hybridized carbons (Fsp3) is 0.800. The summed E-state index contributed by atoms with van der Waals surface area (Å²) in [6, 6.07) is 0. The second kappa shape index (κ2) is 3.78. The van der Waals surface area contributed by atoms with Crippen LogP contribution in [0.15, 0.2) is 12.7 Å². The van der Waals surface area contributed by atoms with Crippen LogP contribution in [0.1, 0.15) is 19.8 Å². The summed E-state index contributed by atoms with van der Waals surface area (Å²) in [5.74, 6) is 0.0436. The molecule has 1 fully saturated rings. The molecule has 1 rings (SSSR count). The third-order valence-corrected chi connectivity index (χ3v) is 3.13. The predicted octanol–water partition coefficient (Wildman–Crippen LogP) is 0.303. The average Bonchev–Trinajstić information content (AvgIpc) is 2.32. The second-order valence-electron chi connectivity index (χ2n) is 4.13. The van der Waals surface area contributed by atoms with Gasteiger partial charge in [-0.25, -0.2) is 0 Å². The van der Waals surface area contributed by atoms with Crippen LogP contribution >= 0.6 is 0 Å². The molecule has 13 heavy (non-hydrogen) atoms. The fourth-order valence-corrected chi connectivity index (χ4v) is 2.27. The summed E-state index contributed by atoms with van der Waals surface area (Å²) in [4.78, 5) is 0. The minimum atomic E-state index is -0.828. The van der Waals surface area contributed by atoms with Crippen LogP contribution in [0.5, 0.6) is 0 Å². The van der Waals surface area contributed by atoms with Crippen LogP contribution in [0.4, 0.5) is 0 Å². The molecule has 0 unspecified atom stereocenters. The maximum absolute atomic E-state index is 9.75. The molecule has 0 heterocycles. The quantitative estimate of drug-likeness (QED) is 0.556. The number of aliphatic hydroxyl groups excluding tert-OH is 3. The first kappa shape index (κ1) is 10.7. The fourth-order valence-electron chi connectivity index (χ4n) is 2.27. The summed E-state index contributed by atoms with van der Waals surface area (Å²) in [5, 5.41) is 28.6. The Labute approximate surface area is 78.7 Å². The molecule has 1 aliphatic rings. The highest BCUT2D eigenvalue weighted by atomic mass is 16.3. The lowest BCUT2D eigenvalue weighted by atomic mass is 9.81. The molecule has 0 bridgehead atoms. The van der Waals surface area contributed by atoms with E-state index >= 15 is 0 Å². The SMILES string of the molecule is C=CC[C@]1(CO)C[C@@H](C)[C@H](O)[C@@H]1O. The molecule has 0 aromatic carbocycles. The summed E-state index contributed by atoms with van der Waals surface area (Å²) >= 11 is 0. The first-order valence-corrected chi connectivity index (χ1v) is 4.65. The van der Waals surface area contributed by atoms with E-state index in [9.17, 15) is 15.3 Å². The van der Waals surface area contributed by atoms with Crippen LogP contribution in [0.25, 0.3) is 0 Å². The van der Waals surface area contributed by atoms with Crippen molar-refractivity contribution in [2.75, 3.05) is 6.61 Å². The van der Waals surface area contributed by atoms with Gasteiger partial charge in [-0.1, -0.05) is 13.0 Å². The van der Waals surface area contributed by atoms with E-state index in [0.717, 1.165) is 0 Å². The van der Waals surface area contributed by atoms with Gasteiger partial charge in [0, 0.05) is 5.41 Å². The topological polar surface area (TPSA) is 60.7 Å². The predicted molar refractivity (Wildman–Crippen MR) is 50.1 cm³/mol. The van der Waals surface area contributed by atoms with E-state index in [1.54, 1.807) is 6.08 Å². The molecule has 1 saturated carbocycles. The van der Waals surface area contributed by atoms with E-state index in [4.69, 9.17) is 0 Å². The van der Waals surface area contributed by atoms with Gasteiger partial charge in [-0.05, 0) is 18.8 Å². The Morgan fingerprint density at radius 3 is 2.46 bits per heavy atom. The van der Waals surface area contributed by atoms with Gasteiger partial charge >= 0.3 is 0 Å². The van der Waals surface area contributed by atoms with Crippen LogP contribution in [0.3, 0.4) is 0 Å². The van der Waals surface area contributed by atoms with E-state index in [2.05, 4.69) is 6.58 Å². The summed E-state index contributed by atoms with van der Waals surface area (Å²) in [7, 11) is 0. The molecule has 0 amide bonds. The first-order chi connectivity index (χ1) is 6.07. The van der Waals surface area contributed by atoms with E-state index in [-0.39, 0.29) is 12.5 Å². The Hall–Kier alpha value is -0.380. The second-order valence-corrected chi connectivity index (χ2v) is 4.13. The van der Waals surface area contributed by atoms with Gasteiger partial charge in [0.1, 0.15) is 0 Å². The van der Waals surface area contributed by atoms with E-state index < -0.39 is 17.6 Å². The average molecular weight is 186 g/mol. The van der Waals surface area contributed by atoms with Gasteiger partial charge in [0.05, 0.1) is 18.8 Å². The minimum absolute atomic E-state index is 0.0436. The van der Waals surface area contributed by atoms with Crippen LogP contribution < -0.4 is 0 Å². The lowest BCUT2D eigenvalue weighted by Gasteiger charge is -2.29. The highest BCUT2D eigenvalue weighted by Gasteiger charge is 2.49. The Morgan fingerprint density at radius 2 is 2.15 bits per heavy atom. The lowest BCUT2D eigenvalue weighted by molar-refractivity contribution is -0.0472. The maximum Gasteiger partial charge on any atom is 0.0882 e. The summed E-state index contributed by atoms with van der Waals surface area (Å²) in [5.41, 5.74) is -0.569. The Bertz CT molecular complexity index is 193. The zero-order valence-corrected chi connectivity index (χ0v) is 7.98. The summed E-state index contributed by atoms with van der Waals surface area (Å²) < 4.78 is 0. The van der Waals surface area contributed by atoms with Crippen molar-refractivity contribution in [1.82, 2.24) is 0 Å². The molecule has 3 nitrogen and oxygen atoms in total. The normalized spacial score (nSPS) is 45.1. The molecular weight excluding hydrogens is 168 g/mol. The molecule has 0 spiro atoms. The number of hydrogen-bond acceptors (Lipinski definition) is 3. The van der Waals surface area contributed by atoms with Gasteiger partial charge in [0.2, 0.25) is 0 Å². The van der Waals surface area contributed by atoms with Crippen molar-refractivity contribution in [1.29, 1.82) is 0 Å². The zero-order chi connectivity index (χ0) is 10.1. The molecule has 4 atom stereocenters. The molecule has 0 radical (unpaired) electrons. The van der Waals surface area contributed by atoms with E-state index in [1.165, 1.54) is 0 Å². The molecule has 1 aliphatic carbocycles. The zero-order valence-electron chi connectivity index (χ0n) is 7.98.